The second-order valence-corrected chi connectivity index (χ2v) is 16.8. The Morgan fingerprint density at radius 3 is 1.48 bits per heavy atom. The van der Waals surface area contributed by atoms with Crippen LogP contribution in [0.5, 0.6) is 0 Å². The molecule has 0 aliphatic heterocycles. The third kappa shape index (κ3) is 18.4. The van der Waals surface area contributed by atoms with Crippen molar-refractivity contribution in [3.8, 4) is 0 Å². The summed E-state index contributed by atoms with van der Waals surface area (Å²) in [7, 11) is -15.1. The van der Waals surface area contributed by atoms with Crippen molar-refractivity contribution in [3.63, 3.8) is 0 Å². The highest BCUT2D eigenvalue weighted by Gasteiger charge is 2.31. The van der Waals surface area contributed by atoms with Gasteiger partial charge in [-0.15, -0.1) is 0 Å². The molecule has 0 radical (unpaired) electrons. The molecule has 0 bridgehead atoms. The summed E-state index contributed by atoms with van der Waals surface area (Å²) in [5.41, 5.74) is -1.04. The Labute approximate surface area is 174 Å². The molecular weight excluding hydrogens is 466 g/mol. The maximum atomic E-state index is 11.2. The topological polar surface area (TPSA) is 195 Å². The van der Waals surface area contributed by atoms with Gasteiger partial charge in [0.1, 0.15) is 0 Å². The van der Waals surface area contributed by atoms with Crippen molar-refractivity contribution >= 4 is 38.7 Å². The lowest BCUT2D eigenvalue weighted by atomic mass is 9.85. The quantitative estimate of drug-likeness (QED) is 0.113. The van der Waals surface area contributed by atoms with Crippen LogP contribution < -0.4 is 5.32 Å². The predicted molar refractivity (Wildman–Crippen MR) is 112 cm³/mol. The van der Waals surface area contributed by atoms with Crippen LogP contribution >= 0.6 is 0 Å². The monoisotopic (exact) mass is 499 g/mol. The molecule has 0 aromatic carbocycles. The Morgan fingerprint density at radius 2 is 1.14 bits per heavy atom. The summed E-state index contributed by atoms with van der Waals surface area (Å²) in [6, 6.07) is 0.560. The van der Waals surface area contributed by atoms with E-state index >= 15 is 0 Å². The SMILES string of the molecule is C[Si](C)(O)CCCNC(CCCS(=O)(=O)O)(CCCS(=O)(=O)O)CCS(=O)(=O)O. The zero-order chi connectivity index (χ0) is 23.0. The molecule has 29 heavy (non-hydrogen) atoms. The molecule has 0 amide bonds. The Hall–Kier alpha value is -0.133. The molecule has 0 heterocycles. The van der Waals surface area contributed by atoms with Gasteiger partial charge in [-0.05, 0) is 64.2 Å². The summed E-state index contributed by atoms with van der Waals surface area (Å²) in [6.07, 6.45) is 0.566. The Bertz CT molecular complexity index is 765. The lowest BCUT2D eigenvalue weighted by Gasteiger charge is -2.35. The molecule has 0 saturated heterocycles. The lowest BCUT2D eigenvalue weighted by molar-refractivity contribution is 0.263. The molecule has 11 nitrogen and oxygen atoms in total. The molecule has 0 aliphatic carbocycles. The van der Waals surface area contributed by atoms with E-state index in [1.807, 2.05) is 0 Å². The van der Waals surface area contributed by atoms with Gasteiger partial charge in [-0.1, -0.05) is 0 Å². The van der Waals surface area contributed by atoms with Crippen LogP contribution in [-0.4, -0.2) is 81.4 Å². The van der Waals surface area contributed by atoms with Crippen molar-refractivity contribution in [1.82, 2.24) is 5.32 Å². The fourth-order valence-corrected chi connectivity index (χ4v) is 5.73. The zero-order valence-electron chi connectivity index (χ0n) is 16.7. The number of rotatable bonds is 16. The van der Waals surface area contributed by atoms with Gasteiger partial charge in [-0.3, -0.25) is 13.7 Å². The number of nitrogens with one attached hydrogen (secondary N) is 1. The first-order chi connectivity index (χ1) is 12.8. The highest BCUT2D eigenvalue weighted by Crippen LogP contribution is 2.26. The van der Waals surface area contributed by atoms with Crippen molar-refractivity contribution in [1.29, 1.82) is 0 Å². The second-order valence-electron chi connectivity index (χ2n) is 7.94. The molecule has 0 aliphatic rings. The van der Waals surface area contributed by atoms with Gasteiger partial charge >= 0.3 is 0 Å². The summed E-state index contributed by atoms with van der Waals surface area (Å²) in [5.74, 6) is -1.74. The standard InChI is InChI=1S/C14H33NO10S3Si/c1-29(2,25)13-5-9-15-14(8-12-28(22,23)24,6-3-10-26(16,17)18)7-4-11-27(19,20)21/h15,25H,3-13H2,1-2H3,(H,16,17,18)(H,19,20,21)(H,22,23,24). The minimum absolute atomic E-state index is 0.0244. The molecule has 0 fully saturated rings. The maximum absolute atomic E-state index is 11.2. The van der Waals surface area contributed by atoms with E-state index in [2.05, 4.69) is 5.32 Å². The van der Waals surface area contributed by atoms with E-state index in [0.29, 0.717) is 19.0 Å². The first-order valence-corrected chi connectivity index (χ1v) is 17.1. The van der Waals surface area contributed by atoms with Crippen molar-refractivity contribution in [2.75, 3.05) is 23.8 Å². The average molecular weight is 500 g/mol. The Kier molecular flexibility index (Phi) is 11.4. The third-order valence-electron chi connectivity index (χ3n) is 4.42. The summed E-state index contributed by atoms with van der Waals surface area (Å²) >= 11 is 0. The van der Waals surface area contributed by atoms with Crippen LogP contribution in [-0.2, 0) is 30.4 Å². The fraction of sp³-hybridized carbons (Fsp3) is 1.00. The lowest BCUT2D eigenvalue weighted by Crippen LogP contribution is -2.48. The van der Waals surface area contributed by atoms with Gasteiger partial charge in [-0.25, -0.2) is 0 Å². The van der Waals surface area contributed by atoms with E-state index in [9.17, 15) is 30.0 Å². The summed E-state index contributed by atoms with van der Waals surface area (Å²) in [6.45, 7) is 3.87. The van der Waals surface area contributed by atoms with Gasteiger partial charge in [-0.2, -0.15) is 25.3 Å². The van der Waals surface area contributed by atoms with Crippen LogP contribution in [0.2, 0.25) is 19.1 Å². The molecule has 0 saturated carbocycles. The third-order valence-corrected chi connectivity index (χ3v) is 8.33. The van der Waals surface area contributed by atoms with Gasteiger partial charge in [0, 0.05) is 5.54 Å². The summed E-state index contributed by atoms with van der Waals surface area (Å²) in [4.78, 5) is 9.93. The Morgan fingerprint density at radius 1 is 0.724 bits per heavy atom. The van der Waals surface area contributed by atoms with E-state index in [-0.39, 0.29) is 32.1 Å². The zero-order valence-corrected chi connectivity index (χ0v) is 20.2. The maximum Gasteiger partial charge on any atom is 0.264 e. The van der Waals surface area contributed by atoms with Gasteiger partial charge in [0.25, 0.3) is 30.4 Å². The second kappa shape index (κ2) is 11.5. The van der Waals surface area contributed by atoms with E-state index in [1.165, 1.54) is 0 Å². The van der Waals surface area contributed by atoms with Gasteiger partial charge in [0.15, 0.2) is 8.32 Å². The summed E-state index contributed by atoms with van der Waals surface area (Å²) < 4.78 is 93.5. The van der Waals surface area contributed by atoms with E-state index < -0.39 is 61.5 Å². The molecule has 0 atom stereocenters. The van der Waals surface area contributed by atoms with Crippen LogP contribution in [0.25, 0.3) is 0 Å². The summed E-state index contributed by atoms with van der Waals surface area (Å²) in [5, 5.41) is 3.13. The molecule has 5 N–H and O–H groups in total. The van der Waals surface area contributed by atoms with Crippen LogP contribution in [0.15, 0.2) is 0 Å². The highest BCUT2D eigenvalue weighted by molar-refractivity contribution is 7.86. The first-order valence-electron chi connectivity index (χ1n) is 9.16. The molecule has 0 spiro atoms. The smallest absolute Gasteiger partial charge is 0.264 e. The van der Waals surface area contributed by atoms with Crippen LogP contribution in [0.3, 0.4) is 0 Å². The molecule has 15 heteroatoms. The predicted octanol–water partition coefficient (Wildman–Crippen LogP) is 0.516. The molecule has 0 aromatic rings. The van der Waals surface area contributed by atoms with Gasteiger partial charge in [0.05, 0.1) is 17.3 Å². The highest BCUT2D eigenvalue weighted by atomic mass is 32.2. The van der Waals surface area contributed by atoms with E-state index in [0.717, 1.165) is 0 Å². The van der Waals surface area contributed by atoms with E-state index in [1.54, 1.807) is 13.1 Å². The molecule has 176 valence electrons. The molecular formula is C14H33NO10S3Si. The number of hydrogen-bond acceptors (Lipinski definition) is 8. The average Bonchev–Trinajstić information content (AvgIpc) is 2.45. The van der Waals surface area contributed by atoms with Crippen molar-refractivity contribution in [3.05, 3.63) is 0 Å². The van der Waals surface area contributed by atoms with Crippen molar-refractivity contribution in [2.45, 2.75) is 63.2 Å². The van der Waals surface area contributed by atoms with Crippen LogP contribution in [0.1, 0.15) is 38.5 Å². The minimum atomic E-state index is -4.33. The van der Waals surface area contributed by atoms with Crippen molar-refractivity contribution < 1.29 is 43.7 Å². The fourth-order valence-electron chi connectivity index (χ4n) is 3.02. The normalized spacial score (nSPS) is 14.3. The number of hydrogen-bond donors (Lipinski definition) is 5. The van der Waals surface area contributed by atoms with Gasteiger partial charge in [0.2, 0.25) is 0 Å². The van der Waals surface area contributed by atoms with Crippen LogP contribution in [0.4, 0.5) is 0 Å². The van der Waals surface area contributed by atoms with E-state index in [4.69, 9.17) is 13.7 Å². The first kappa shape index (κ1) is 28.9. The molecule has 0 aromatic heterocycles. The molecule has 0 rings (SSSR count). The largest absolute Gasteiger partial charge is 0.432 e. The van der Waals surface area contributed by atoms with Gasteiger partial charge < -0.3 is 10.1 Å². The Balaban J connectivity index is 5.37. The minimum Gasteiger partial charge on any atom is -0.432 e. The molecule has 0 unspecified atom stereocenters. The van der Waals surface area contributed by atoms with Crippen molar-refractivity contribution in [2.24, 2.45) is 0 Å². The van der Waals surface area contributed by atoms with Crippen LogP contribution in [0, 0.1) is 0 Å².